The van der Waals surface area contributed by atoms with Crippen LogP contribution < -0.4 is 15.4 Å². The lowest BCUT2D eigenvalue weighted by Crippen LogP contribution is -2.49. The van der Waals surface area contributed by atoms with Gasteiger partial charge in [0.25, 0.3) is 0 Å². The molecular formula is C19H28F3N5O. The molecule has 9 heteroatoms. The van der Waals surface area contributed by atoms with Crippen LogP contribution in [0.5, 0.6) is 5.88 Å². The zero-order chi connectivity index (χ0) is 20.6. The normalized spacial score (nSPS) is 16.7. The van der Waals surface area contributed by atoms with Crippen LogP contribution in [0, 0.1) is 0 Å². The second kappa shape index (κ2) is 10.3. The van der Waals surface area contributed by atoms with Crippen LogP contribution in [-0.4, -0.2) is 61.7 Å². The number of hydrogen-bond acceptors (Lipinski definition) is 4. The first-order valence-corrected chi connectivity index (χ1v) is 9.28. The standard InChI is InChI=1S/C19H28F3N5O/c1-14(2)13-27-10-6-15(7-11-27)26-18(23-3)25-9-12-28-17-16(19(20,21)22)5-4-8-24-17/h4-5,8,15H,1,6-7,9-13H2,2-3H3,(H2,23,25,26). The molecule has 2 rings (SSSR count). The third-order valence-electron chi connectivity index (χ3n) is 4.36. The lowest BCUT2D eigenvalue weighted by molar-refractivity contribution is -0.139. The van der Waals surface area contributed by atoms with E-state index >= 15 is 0 Å². The van der Waals surface area contributed by atoms with Gasteiger partial charge in [-0.1, -0.05) is 12.2 Å². The number of hydrogen-bond donors (Lipinski definition) is 2. The highest BCUT2D eigenvalue weighted by atomic mass is 19.4. The average Bonchev–Trinajstić information content (AvgIpc) is 2.64. The van der Waals surface area contributed by atoms with Crippen molar-refractivity contribution in [3.8, 4) is 5.88 Å². The van der Waals surface area contributed by atoms with Crippen LogP contribution in [0.25, 0.3) is 0 Å². The molecule has 0 spiro atoms. The number of alkyl halides is 3. The maximum atomic E-state index is 12.9. The summed E-state index contributed by atoms with van der Waals surface area (Å²) in [6.45, 7) is 9.23. The highest BCUT2D eigenvalue weighted by Crippen LogP contribution is 2.34. The van der Waals surface area contributed by atoms with Crippen molar-refractivity contribution >= 4 is 5.96 Å². The Bertz CT molecular complexity index is 670. The van der Waals surface area contributed by atoms with Gasteiger partial charge < -0.3 is 15.4 Å². The molecule has 1 saturated heterocycles. The smallest absolute Gasteiger partial charge is 0.421 e. The van der Waals surface area contributed by atoms with Crippen molar-refractivity contribution < 1.29 is 17.9 Å². The topological polar surface area (TPSA) is 61.8 Å². The molecule has 0 atom stereocenters. The minimum atomic E-state index is -4.49. The molecule has 156 valence electrons. The number of aromatic nitrogens is 1. The fourth-order valence-corrected chi connectivity index (χ4v) is 3.04. The average molecular weight is 399 g/mol. The van der Waals surface area contributed by atoms with E-state index in [1.54, 1.807) is 7.05 Å². The van der Waals surface area contributed by atoms with E-state index in [-0.39, 0.29) is 6.61 Å². The van der Waals surface area contributed by atoms with E-state index in [9.17, 15) is 13.2 Å². The van der Waals surface area contributed by atoms with Gasteiger partial charge in [-0.15, -0.1) is 0 Å². The second-order valence-electron chi connectivity index (χ2n) is 6.85. The minimum Gasteiger partial charge on any atom is -0.475 e. The van der Waals surface area contributed by atoms with Crippen molar-refractivity contribution in [2.24, 2.45) is 4.99 Å². The summed E-state index contributed by atoms with van der Waals surface area (Å²) in [5.74, 6) is 0.198. The Hall–Kier alpha value is -2.29. The minimum absolute atomic E-state index is 0.0395. The van der Waals surface area contributed by atoms with E-state index in [0.717, 1.165) is 44.1 Å². The number of nitrogens with one attached hydrogen (secondary N) is 2. The van der Waals surface area contributed by atoms with E-state index in [4.69, 9.17) is 4.74 Å². The molecule has 6 nitrogen and oxygen atoms in total. The van der Waals surface area contributed by atoms with Crippen LogP contribution in [0.15, 0.2) is 35.5 Å². The first kappa shape index (κ1) is 22.0. The molecule has 1 aliphatic heterocycles. The molecule has 0 saturated carbocycles. The summed E-state index contributed by atoms with van der Waals surface area (Å²) in [5.41, 5.74) is 0.282. The number of guanidine groups is 1. The quantitative estimate of drug-likeness (QED) is 0.320. The van der Waals surface area contributed by atoms with Crippen molar-refractivity contribution in [2.45, 2.75) is 32.0 Å². The molecule has 0 aromatic carbocycles. The van der Waals surface area contributed by atoms with Crippen molar-refractivity contribution in [3.05, 3.63) is 36.0 Å². The fourth-order valence-electron chi connectivity index (χ4n) is 3.04. The van der Waals surface area contributed by atoms with Crippen molar-refractivity contribution in [1.29, 1.82) is 0 Å². The van der Waals surface area contributed by atoms with E-state index in [0.29, 0.717) is 18.5 Å². The van der Waals surface area contributed by atoms with Gasteiger partial charge in [0, 0.05) is 38.9 Å². The number of nitrogens with zero attached hydrogens (tertiary/aromatic N) is 3. The number of ether oxygens (including phenoxy) is 1. The Morgan fingerprint density at radius 2 is 2.11 bits per heavy atom. The van der Waals surface area contributed by atoms with Gasteiger partial charge in [-0.05, 0) is 31.9 Å². The Balaban J connectivity index is 1.73. The van der Waals surface area contributed by atoms with Gasteiger partial charge in [0.2, 0.25) is 5.88 Å². The van der Waals surface area contributed by atoms with Crippen LogP contribution in [-0.2, 0) is 6.18 Å². The van der Waals surface area contributed by atoms with Crippen LogP contribution in [0.2, 0.25) is 0 Å². The van der Waals surface area contributed by atoms with E-state index < -0.39 is 17.6 Å². The van der Waals surface area contributed by atoms with Gasteiger partial charge in [-0.2, -0.15) is 13.2 Å². The molecule has 0 amide bonds. The number of pyridine rings is 1. The second-order valence-corrected chi connectivity index (χ2v) is 6.85. The summed E-state index contributed by atoms with van der Waals surface area (Å²) in [6, 6.07) is 2.50. The van der Waals surface area contributed by atoms with Crippen molar-refractivity contribution in [3.63, 3.8) is 0 Å². The number of rotatable bonds is 7. The third-order valence-corrected chi connectivity index (χ3v) is 4.36. The Kier molecular flexibility index (Phi) is 8.10. The van der Waals surface area contributed by atoms with Crippen molar-refractivity contribution in [2.75, 3.05) is 39.8 Å². The first-order valence-electron chi connectivity index (χ1n) is 9.28. The summed E-state index contributed by atoms with van der Waals surface area (Å²) < 4.78 is 44.0. The monoisotopic (exact) mass is 399 g/mol. The lowest BCUT2D eigenvalue weighted by Gasteiger charge is -2.33. The highest BCUT2D eigenvalue weighted by molar-refractivity contribution is 5.79. The number of likely N-dealkylation sites (tertiary alicyclic amines) is 1. The predicted octanol–water partition coefficient (Wildman–Crippen LogP) is 2.68. The van der Waals surface area contributed by atoms with Crippen LogP contribution in [0.3, 0.4) is 0 Å². The molecule has 1 aromatic heterocycles. The lowest BCUT2D eigenvalue weighted by atomic mass is 10.0. The molecule has 2 N–H and O–H groups in total. The number of piperidine rings is 1. The predicted molar refractivity (Wildman–Crippen MR) is 104 cm³/mol. The summed E-state index contributed by atoms with van der Waals surface area (Å²) in [7, 11) is 1.66. The van der Waals surface area contributed by atoms with Gasteiger partial charge in [0.05, 0.1) is 6.54 Å². The van der Waals surface area contributed by atoms with Crippen molar-refractivity contribution in [1.82, 2.24) is 20.5 Å². The largest absolute Gasteiger partial charge is 0.475 e. The Morgan fingerprint density at radius 3 is 2.71 bits per heavy atom. The molecular weight excluding hydrogens is 371 g/mol. The maximum absolute atomic E-state index is 12.9. The van der Waals surface area contributed by atoms with Gasteiger partial charge in [0.15, 0.2) is 5.96 Å². The Morgan fingerprint density at radius 1 is 1.39 bits per heavy atom. The Labute approximate surface area is 163 Å². The summed E-state index contributed by atoms with van der Waals surface area (Å²) >= 11 is 0. The van der Waals surface area contributed by atoms with Crippen LogP contribution >= 0.6 is 0 Å². The molecule has 0 radical (unpaired) electrons. The van der Waals surface area contributed by atoms with Crippen LogP contribution in [0.1, 0.15) is 25.3 Å². The number of halogens is 3. The molecule has 0 unspecified atom stereocenters. The molecule has 28 heavy (non-hydrogen) atoms. The van der Waals surface area contributed by atoms with Gasteiger partial charge in [0.1, 0.15) is 12.2 Å². The van der Waals surface area contributed by atoms with E-state index in [1.165, 1.54) is 12.3 Å². The summed E-state index contributed by atoms with van der Waals surface area (Å²) in [6.07, 6.45) is -1.23. The number of aliphatic imine (C=N–C) groups is 1. The summed E-state index contributed by atoms with van der Waals surface area (Å²) in [4.78, 5) is 10.2. The SMILES string of the molecule is C=C(C)CN1CCC(NC(=NC)NCCOc2ncccc2C(F)(F)F)CC1. The first-order chi connectivity index (χ1) is 13.3. The zero-order valence-corrected chi connectivity index (χ0v) is 16.4. The highest BCUT2D eigenvalue weighted by Gasteiger charge is 2.35. The molecule has 2 heterocycles. The van der Waals surface area contributed by atoms with E-state index in [1.807, 2.05) is 6.92 Å². The molecule has 1 aromatic rings. The zero-order valence-electron chi connectivity index (χ0n) is 16.4. The fraction of sp³-hybridized carbons (Fsp3) is 0.579. The van der Waals surface area contributed by atoms with Gasteiger partial charge in [-0.3, -0.25) is 9.89 Å². The molecule has 1 aliphatic rings. The third kappa shape index (κ3) is 7.03. The molecule has 0 aliphatic carbocycles. The maximum Gasteiger partial charge on any atom is 0.421 e. The van der Waals surface area contributed by atoms with Crippen LogP contribution in [0.4, 0.5) is 13.2 Å². The van der Waals surface area contributed by atoms with Gasteiger partial charge in [-0.25, -0.2) is 4.98 Å². The van der Waals surface area contributed by atoms with E-state index in [2.05, 4.69) is 32.1 Å². The summed E-state index contributed by atoms with van der Waals surface area (Å²) in [5, 5.41) is 6.42. The molecule has 1 fully saturated rings. The molecule has 0 bridgehead atoms. The van der Waals surface area contributed by atoms with Gasteiger partial charge >= 0.3 is 6.18 Å².